The number of hydrogen-bond acceptors (Lipinski definition) is 8. The molecule has 0 amide bonds. The number of anilines is 2. The van der Waals surface area contributed by atoms with Gasteiger partial charge >= 0.3 is 5.97 Å². The lowest BCUT2D eigenvalue weighted by Crippen LogP contribution is -2.32. The highest BCUT2D eigenvalue weighted by Crippen LogP contribution is 2.39. The maximum Gasteiger partial charge on any atom is 0.321 e. The molecule has 3 N–H and O–H groups in total. The van der Waals surface area contributed by atoms with Crippen LogP contribution in [0.4, 0.5) is 16.0 Å². The van der Waals surface area contributed by atoms with Crippen LogP contribution in [-0.4, -0.2) is 43.6 Å². The number of nitrogens with one attached hydrogen (secondary N) is 1. The summed E-state index contributed by atoms with van der Waals surface area (Å²) >= 11 is 7.30. The van der Waals surface area contributed by atoms with Gasteiger partial charge in [0.1, 0.15) is 16.0 Å². The van der Waals surface area contributed by atoms with Gasteiger partial charge in [0.2, 0.25) is 11.8 Å². The number of carbonyl (C=O) groups is 1. The van der Waals surface area contributed by atoms with Crippen LogP contribution in [0.5, 0.6) is 5.88 Å². The summed E-state index contributed by atoms with van der Waals surface area (Å²) in [4.78, 5) is 24.4. The highest BCUT2D eigenvalue weighted by Gasteiger charge is 2.36. The number of benzene rings is 1. The Morgan fingerprint density at radius 2 is 2.06 bits per heavy atom. The van der Waals surface area contributed by atoms with Gasteiger partial charge in [-0.25, -0.2) is 9.97 Å². The third kappa shape index (κ3) is 5.81. The minimum atomic E-state index is -1.30. The number of aryl methyl sites for hydroxylation is 1. The van der Waals surface area contributed by atoms with Gasteiger partial charge in [-0.2, -0.15) is 9.37 Å². The Bertz CT molecular complexity index is 1180. The first-order valence-corrected chi connectivity index (χ1v) is 11.8. The van der Waals surface area contributed by atoms with Crippen molar-refractivity contribution in [3.63, 3.8) is 0 Å². The van der Waals surface area contributed by atoms with Gasteiger partial charge in [-0.1, -0.05) is 19.9 Å². The number of ether oxygens (including phenoxy) is 1. The average Bonchev–Trinajstić information content (AvgIpc) is 3.30. The summed E-state index contributed by atoms with van der Waals surface area (Å²) in [5.41, 5.74) is 1.20. The molecule has 3 atom stereocenters. The van der Waals surface area contributed by atoms with E-state index in [1.54, 1.807) is 13.1 Å². The topological polar surface area (TPSA) is 117 Å². The first kappa shape index (κ1) is 25.8. The zero-order valence-corrected chi connectivity index (χ0v) is 20.7. The van der Waals surface area contributed by atoms with Crippen molar-refractivity contribution in [1.29, 1.82) is 0 Å². The highest BCUT2D eigenvalue weighted by molar-refractivity contribution is 7.15. The molecule has 182 valence electrons. The number of alkyl halides is 1. The van der Waals surface area contributed by atoms with Gasteiger partial charge < -0.3 is 20.3 Å². The summed E-state index contributed by atoms with van der Waals surface area (Å²) < 4.78 is 18.5. The van der Waals surface area contributed by atoms with E-state index in [2.05, 4.69) is 20.3 Å². The van der Waals surface area contributed by atoms with E-state index in [-0.39, 0.29) is 18.2 Å². The number of aromatic nitrogens is 3. The molecule has 34 heavy (non-hydrogen) atoms. The van der Waals surface area contributed by atoms with Crippen molar-refractivity contribution in [2.75, 3.05) is 12.4 Å². The fourth-order valence-electron chi connectivity index (χ4n) is 3.57. The van der Waals surface area contributed by atoms with Gasteiger partial charge in [-0.05, 0) is 48.9 Å². The van der Waals surface area contributed by atoms with Crippen LogP contribution in [0.25, 0.3) is 10.4 Å². The van der Waals surface area contributed by atoms with Gasteiger partial charge in [-0.3, -0.25) is 4.79 Å². The Labute approximate surface area is 205 Å². The molecule has 3 unspecified atom stereocenters. The van der Waals surface area contributed by atoms with Gasteiger partial charge in [-0.15, -0.1) is 22.9 Å². The highest BCUT2D eigenvalue weighted by atomic mass is 35.5. The van der Waals surface area contributed by atoms with Crippen LogP contribution in [0.1, 0.15) is 37.3 Å². The summed E-state index contributed by atoms with van der Waals surface area (Å²) in [6, 6.07) is 5.74. The Kier molecular flexibility index (Phi) is 8.06. The summed E-state index contributed by atoms with van der Waals surface area (Å²) in [7, 11) is 1.33. The van der Waals surface area contributed by atoms with Crippen molar-refractivity contribution >= 4 is 40.5 Å². The van der Waals surface area contributed by atoms with Crippen molar-refractivity contribution in [1.82, 2.24) is 15.0 Å². The fourth-order valence-corrected chi connectivity index (χ4v) is 4.73. The molecule has 0 bridgehead atoms. The van der Waals surface area contributed by atoms with Crippen LogP contribution in [0.2, 0.25) is 0 Å². The first-order valence-electron chi connectivity index (χ1n) is 10.6. The van der Waals surface area contributed by atoms with E-state index in [9.17, 15) is 19.4 Å². The number of carboxylic acid groups (broad SMARTS) is 1. The maximum atomic E-state index is 13.6. The van der Waals surface area contributed by atoms with Crippen LogP contribution in [-0.2, 0) is 10.4 Å². The van der Waals surface area contributed by atoms with E-state index in [1.165, 1.54) is 18.4 Å². The molecule has 2 aromatic heterocycles. The number of nitrogens with zero attached hydrogens (tertiary/aromatic N) is 3. The second-order valence-electron chi connectivity index (χ2n) is 8.10. The van der Waals surface area contributed by atoms with Crippen LogP contribution < -0.4 is 10.1 Å². The SMILES string of the molecule is CCC(O)(CC(C)C(Cl)C(=O)O)c1ncc(-c2cc(C)cc(Nc3ncc(F)c(OC)n3)c2)s1. The quantitative estimate of drug-likeness (QED) is 0.323. The zero-order valence-electron chi connectivity index (χ0n) is 19.2. The smallest absolute Gasteiger partial charge is 0.321 e. The Hall–Kier alpha value is -2.82. The fraction of sp³-hybridized carbons (Fsp3) is 0.391. The number of carboxylic acids is 1. The Morgan fingerprint density at radius 3 is 2.71 bits per heavy atom. The third-order valence-corrected chi connectivity index (χ3v) is 7.26. The number of aliphatic hydroxyl groups is 1. The Balaban J connectivity index is 1.87. The normalized spacial score (nSPS) is 14.8. The van der Waals surface area contributed by atoms with Crippen molar-refractivity contribution < 1.29 is 24.1 Å². The zero-order chi connectivity index (χ0) is 25.0. The van der Waals surface area contributed by atoms with E-state index in [0.29, 0.717) is 17.1 Å². The van der Waals surface area contributed by atoms with Crippen molar-refractivity contribution in [3.8, 4) is 16.3 Å². The lowest BCUT2D eigenvalue weighted by molar-refractivity contribution is -0.138. The number of rotatable bonds is 10. The molecule has 2 heterocycles. The molecular weight excluding hydrogens is 483 g/mol. The molecule has 3 rings (SSSR count). The number of halogens is 2. The molecule has 0 spiro atoms. The molecule has 0 fully saturated rings. The summed E-state index contributed by atoms with van der Waals surface area (Å²) in [6.07, 6.45) is 3.23. The second kappa shape index (κ2) is 10.6. The molecule has 0 saturated heterocycles. The van der Waals surface area contributed by atoms with Gasteiger partial charge in [0, 0.05) is 11.9 Å². The minimum absolute atomic E-state index is 0.160. The lowest BCUT2D eigenvalue weighted by Gasteiger charge is -2.28. The number of thiazole rings is 1. The Morgan fingerprint density at radius 1 is 1.32 bits per heavy atom. The van der Waals surface area contributed by atoms with E-state index >= 15 is 0 Å². The number of methoxy groups -OCH3 is 1. The summed E-state index contributed by atoms with van der Waals surface area (Å²) in [6.45, 7) is 5.45. The van der Waals surface area contributed by atoms with E-state index in [4.69, 9.17) is 16.3 Å². The van der Waals surface area contributed by atoms with Gasteiger partial charge in [0.25, 0.3) is 5.88 Å². The van der Waals surface area contributed by atoms with Crippen LogP contribution in [0.3, 0.4) is 0 Å². The monoisotopic (exact) mass is 508 g/mol. The number of aliphatic carboxylic acids is 1. The molecule has 0 saturated carbocycles. The number of hydrogen-bond donors (Lipinski definition) is 3. The molecule has 0 aliphatic rings. The lowest BCUT2D eigenvalue weighted by atomic mass is 9.88. The molecule has 0 aliphatic carbocycles. The van der Waals surface area contributed by atoms with Gasteiger partial charge in [0.15, 0.2) is 0 Å². The molecule has 11 heteroatoms. The molecule has 0 aliphatic heterocycles. The summed E-state index contributed by atoms with van der Waals surface area (Å²) in [5, 5.41) is 22.9. The van der Waals surface area contributed by atoms with E-state index in [1.807, 2.05) is 32.0 Å². The standard InChI is InChI=1S/C23H26ClFN4O4S/c1-5-23(32,9-13(3)18(24)20(30)31)21-26-11-17(34-21)14-6-12(2)7-15(8-14)28-22-27-10-16(25)19(29-22)33-4/h6-8,10-11,13,18,32H,5,9H2,1-4H3,(H,30,31)(H,27,28,29). The minimum Gasteiger partial charge on any atom is -0.480 e. The predicted octanol–water partition coefficient (Wildman–Crippen LogP) is 5.12. The van der Waals surface area contributed by atoms with E-state index in [0.717, 1.165) is 22.2 Å². The van der Waals surface area contributed by atoms with Gasteiger partial charge in [0.05, 0.1) is 18.2 Å². The summed E-state index contributed by atoms with van der Waals surface area (Å²) in [5.74, 6) is -2.21. The first-order chi connectivity index (χ1) is 16.1. The largest absolute Gasteiger partial charge is 0.480 e. The third-order valence-electron chi connectivity index (χ3n) is 5.41. The molecule has 1 aromatic carbocycles. The predicted molar refractivity (Wildman–Crippen MR) is 129 cm³/mol. The molecule has 8 nitrogen and oxygen atoms in total. The second-order valence-corrected chi connectivity index (χ2v) is 9.60. The van der Waals surface area contributed by atoms with Crippen LogP contribution in [0.15, 0.2) is 30.6 Å². The van der Waals surface area contributed by atoms with Crippen molar-refractivity contribution in [3.05, 3.63) is 47.0 Å². The van der Waals surface area contributed by atoms with E-state index < -0.39 is 28.7 Å². The van der Waals surface area contributed by atoms with Crippen molar-refractivity contribution in [2.24, 2.45) is 5.92 Å². The van der Waals surface area contributed by atoms with Crippen LogP contribution in [0, 0.1) is 18.7 Å². The maximum absolute atomic E-state index is 13.6. The van der Waals surface area contributed by atoms with Crippen LogP contribution >= 0.6 is 22.9 Å². The van der Waals surface area contributed by atoms with Crippen molar-refractivity contribution in [2.45, 2.75) is 44.6 Å². The average molecular weight is 509 g/mol. The molecule has 3 aromatic rings. The molecular formula is C23H26ClFN4O4S. The molecule has 0 radical (unpaired) electrons.